The molecular formula is C19H24N4O3. The summed E-state index contributed by atoms with van der Waals surface area (Å²) < 4.78 is 10.6. The number of carbonyl (C=O) groups excluding carboxylic acids is 1. The van der Waals surface area contributed by atoms with Crippen LogP contribution in [0.3, 0.4) is 0 Å². The number of nitrogens with one attached hydrogen (secondary N) is 3. The van der Waals surface area contributed by atoms with Gasteiger partial charge in [0.15, 0.2) is 0 Å². The topological polar surface area (TPSA) is 84.5 Å². The van der Waals surface area contributed by atoms with Gasteiger partial charge in [-0.2, -0.15) is 0 Å². The first kappa shape index (κ1) is 18.3. The molecule has 138 valence electrons. The molecule has 1 aromatic heterocycles. The molecule has 2 heterocycles. The van der Waals surface area contributed by atoms with Crippen LogP contribution in [0.1, 0.15) is 23.6 Å². The molecule has 3 rings (SSSR count). The van der Waals surface area contributed by atoms with Crippen molar-refractivity contribution in [3.63, 3.8) is 0 Å². The fourth-order valence-corrected chi connectivity index (χ4v) is 2.85. The third kappa shape index (κ3) is 4.78. The highest BCUT2D eigenvalue weighted by Crippen LogP contribution is 2.22. The van der Waals surface area contributed by atoms with Crippen molar-refractivity contribution in [1.82, 2.24) is 21.2 Å². The largest absolute Gasteiger partial charge is 0.475 e. The summed E-state index contributed by atoms with van der Waals surface area (Å²) in [5.74, 6) is 0.465. The van der Waals surface area contributed by atoms with E-state index in [2.05, 4.69) is 33.3 Å². The Labute approximate surface area is 153 Å². The van der Waals surface area contributed by atoms with Gasteiger partial charge in [-0.25, -0.2) is 15.8 Å². The average molecular weight is 356 g/mol. The van der Waals surface area contributed by atoms with Crippen LogP contribution < -0.4 is 20.9 Å². The number of methoxy groups -OCH3 is 1. The molecule has 0 radical (unpaired) electrons. The summed E-state index contributed by atoms with van der Waals surface area (Å²) in [5, 5.41) is 2.95. The number of carbonyl (C=O) groups is 1. The second-order valence-electron chi connectivity index (χ2n) is 6.07. The third-order valence-corrected chi connectivity index (χ3v) is 4.25. The van der Waals surface area contributed by atoms with Gasteiger partial charge in [0.05, 0.1) is 6.61 Å². The molecule has 1 aromatic carbocycles. The summed E-state index contributed by atoms with van der Waals surface area (Å²) >= 11 is 0. The Balaban J connectivity index is 1.52. The molecule has 7 nitrogen and oxygen atoms in total. The van der Waals surface area contributed by atoms with E-state index < -0.39 is 0 Å². The van der Waals surface area contributed by atoms with Gasteiger partial charge in [0, 0.05) is 31.5 Å². The molecule has 1 fully saturated rings. The van der Waals surface area contributed by atoms with Crippen LogP contribution in [0.25, 0.3) is 0 Å². The zero-order valence-corrected chi connectivity index (χ0v) is 14.8. The number of benzene rings is 1. The van der Waals surface area contributed by atoms with Crippen LogP contribution in [0.2, 0.25) is 0 Å². The van der Waals surface area contributed by atoms with Gasteiger partial charge in [0.25, 0.3) is 0 Å². The van der Waals surface area contributed by atoms with E-state index in [0.29, 0.717) is 32.1 Å². The lowest BCUT2D eigenvalue weighted by Gasteiger charge is -2.13. The first-order valence-corrected chi connectivity index (χ1v) is 8.67. The standard InChI is InChI=1S/C19H24N4O3/c1-25-10-11-26-19-15(8-5-9-20-19)13-21-18(24)17-12-16(22-23-17)14-6-3-2-4-7-14/h2-9,16-17,22-23H,10-13H2,1H3,(H,21,24). The van der Waals surface area contributed by atoms with Gasteiger partial charge in [-0.3, -0.25) is 4.79 Å². The maximum atomic E-state index is 12.5. The highest BCUT2D eigenvalue weighted by atomic mass is 16.5. The minimum atomic E-state index is -0.283. The van der Waals surface area contributed by atoms with Crippen LogP contribution in [0, 0.1) is 0 Å². The number of rotatable bonds is 8. The predicted octanol–water partition coefficient (Wildman–Crippen LogP) is 1.33. The predicted molar refractivity (Wildman–Crippen MR) is 97.3 cm³/mol. The van der Waals surface area contributed by atoms with Crippen molar-refractivity contribution >= 4 is 5.91 Å². The molecule has 2 atom stereocenters. The van der Waals surface area contributed by atoms with E-state index in [-0.39, 0.29) is 18.0 Å². The highest BCUT2D eigenvalue weighted by Gasteiger charge is 2.29. The van der Waals surface area contributed by atoms with E-state index in [1.54, 1.807) is 13.3 Å². The molecule has 0 aliphatic carbocycles. The van der Waals surface area contributed by atoms with E-state index >= 15 is 0 Å². The molecule has 0 bridgehead atoms. The summed E-state index contributed by atoms with van der Waals surface area (Å²) in [5.41, 5.74) is 8.26. The minimum Gasteiger partial charge on any atom is -0.475 e. The molecular weight excluding hydrogens is 332 g/mol. The van der Waals surface area contributed by atoms with Gasteiger partial charge < -0.3 is 14.8 Å². The number of nitrogens with zero attached hydrogens (tertiary/aromatic N) is 1. The van der Waals surface area contributed by atoms with Crippen molar-refractivity contribution in [2.24, 2.45) is 0 Å². The zero-order valence-electron chi connectivity index (χ0n) is 14.8. The van der Waals surface area contributed by atoms with Gasteiger partial charge >= 0.3 is 0 Å². The van der Waals surface area contributed by atoms with Crippen LogP contribution in [-0.4, -0.2) is 37.3 Å². The Hall–Kier alpha value is -2.48. The summed E-state index contributed by atoms with van der Waals surface area (Å²) in [4.78, 5) is 16.7. The quantitative estimate of drug-likeness (QED) is 0.619. The lowest BCUT2D eigenvalue weighted by atomic mass is 10.0. The van der Waals surface area contributed by atoms with Gasteiger partial charge in [0.2, 0.25) is 11.8 Å². The van der Waals surface area contributed by atoms with Crippen molar-refractivity contribution < 1.29 is 14.3 Å². The number of amides is 1. The first-order valence-electron chi connectivity index (χ1n) is 8.67. The Morgan fingerprint density at radius 1 is 1.19 bits per heavy atom. The summed E-state index contributed by atoms with van der Waals surface area (Å²) in [6.07, 6.45) is 2.36. The summed E-state index contributed by atoms with van der Waals surface area (Å²) in [7, 11) is 1.62. The van der Waals surface area contributed by atoms with E-state index in [9.17, 15) is 4.79 Å². The SMILES string of the molecule is COCCOc1ncccc1CNC(=O)C1CC(c2ccccc2)NN1. The van der Waals surface area contributed by atoms with Crippen molar-refractivity contribution in [3.05, 3.63) is 59.8 Å². The van der Waals surface area contributed by atoms with Crippen molar-refractivity contribution in [3.8, 4) is 5.88 Å². The number of aromatic nitrogens is 1. The van der Waals surface area contributed by atoms with Crippen molar-refractivity contribution in [1.29, 1.82) is 0 Å². The first-order chi connectivity index (χ1) is 12.8. The molecule has 1 aliphatic heterocycles. The lowest BCUT2D eigenvalue weighted by Crippen LogP contribution is -2.42. The molecule has 26 heavy (non-hydrogen) atoms. The van der Waals surface area contributed by atoms with E-state index in [1.807, 2.05) is 30.3 Å². The van der Waals surface area contributed by atoms with E-state index in [0.717, 1.165) is 11.1 Å². The van der Waals surface area contributed by atoms with E-state index in [4.69, 9.17) is 9.47 Å². The Morgan fingerprint density at radius 2 is 2.04 bits per heavy atom. The molecule has 1 aliphatic rings. The van der Waals surface area contributed by atoms with Crippen molar-refractivity contribution in [2.45, 2.75) is 25.0 Å². The monoisotopic (exact) mass is 356 g/mol. The molecule has 2 aromatic rings. The average Bonchev–Trinajstić information content (AvgIpc) is 3.18. The minimum absolute atomic E-state index is 0.0531. The number of hydrazine groups is 1. The molecule has 2 unspecified atom stereocenters. The normalized spacial score (nSPS) is 19.3. The van der Waals surface area contributed by atoms with Gasteiger partial charge in [-0.15, -0.1) is 0 Å². The summed E-state index contributed by atoms with van der Waals surface area (Å²) in [6, 6.07) is 13.6. The van der Waals surface area contributed by atoms with Gasteiger partial charge in [0.1, 0.15) is 12.6 Å². The summed E-state index contributed by atoms with van der Waals surface area (Å²) in [6.45, 7) is 1.27. The second kappa shape index (κ2) is 9.28. The number of ether oxygens (including phenoxy) is 2. The zero-order chi connectivity index (χ0) is 18.2. The Morgan fingerprint density at radius 3 is 2.85 bits per heavy atom. The van der Waals surface area contributed by atoms with Crippen LogP contribution in [-0.2, 0) is 16.1 Å². The van der Waals surface area contributed by atoms with Crippen LogP contribution in [0.5, 0.6) is 5.88 Å². The maximum absolute atomic E-state index is 12.5. The number of hydrogen-bond acceptors (Lipinski definition) is 6. The number of pyridine rings is 1. The highest BCUT2D eigenvalue weighted by molar-refractivity contribution is 5.82. The molecule has 3 N–H and O–H groups in total. The molecule has 0 spiro atoms. The fraction of sp³-hybridized carbons (Fsp3) is 0.368. The third-order valence-electron chi connectivity index (χ3n) is 4.25. The van der Waals surface area contributed by atoms with Crippen LogP contribution >= 0.6 is 0 Å². The molecule has 1 saturated heterocycles. The molecule has 1 amide bonds. The maximum Gasteiger partial charge on any atom is 0.238 e. The van der Waals surface area contributed by atoms with Crippen LogP contribution in [0.4, 0.5) is 0 Å². The van der Waals surface area contributed by atoms with Crippen LogP contribution in [0.15, 0.2) is 48.7 Å². The Bertz CT molecular complexity index is 711. The lowest BCUT2D eigenvalue weighted by molar-refractivity contribution is -0.123. The van der Waals surface area contributed by atoms with Crippen molar-refractivity contribution in [2.75, 3.05) is 20.3 Å². The smallest absolute Gasteiger partial charge is 0.238 e. The van der Waals surface area contributed by atoms with E-state index in [1.165, 1.54) is 0 Å². The Kier molecular flexibility index (Phi) is 6.54. The molecule has 0 saturated carbocycles. The second-order valence-corrected chi connectivity index (χ2v) is 6.07. The number of hydrogen-bond donors (Lipinski definition) is 3. The fourth-order valence-electron chi connectivity index (χ4n) is 2.85. The van der Waals surface area contributed by atoms with Gasteiger partial charge in [-0.05, 0) is 18.1 Å². The van der Waals surface area contributed by atoms with Gasteiger partial charge in [-0.1, -0.05) is 36.4 Å². The molecule has 7 heteroatoms.